The first-order chi connectivity index (χ1) is 13.0. The number of carbonyl (C=O) groups excluding carboxylic acids is 2. The van der Waals surface area contributed by atoms with Gasteiger partial charge in [0, 0.05) is 50.9 Å². The molecule has 2 amide bonds. The van der Waals surface area contributed by atoms with Crippen LogP contribution in [0.1, 0.15) is 23.0 Å². The summed E-state index contributed by atoms with van der Waals surface area (Å²) in [6.07, 6.45) is 2.38. The van der Waals surface area contributed by atoms with Crippen LogP contribution in [0.15, 0.2) is 36.5 Å². The van der Waals surface area contributed by atoms with E-state index >= 15 is 0 Å². The number of halogens is 1. The van der Waals surface area contributed by atoms with Gasteiger partial charge in [0.1, 0.15) is 5.69 Å². The van der Waals surface area contributed by atoms with Crippen LogP contribution in [0.25, 0.3) is 0 Å². The number of benzene rings is 1. The van der Waals surface area contributed by atoms with Gasteiger partial charge < -0.3 is 15.1 Å². The molecule has 0 saturated carbocycles. The van der Waals surface area contributed by atoms with Crippen molar-refractivity contribution < 1.29 is 9.59 Å². The minimum absolute atomic E-state index is 0.0382. The molecule has 1 aromatic heterocycles. The second kappa shape index (κ2) is 8.81. The molecule has 1 aliphatic heterocycles. The standard InChI is InChI=1S/C19H22ClN5O2/c1-14(26)24-10-12-25(13-11-24)18(27)17-7-9-22-19(23-17)21-8-6-15-2-4-16(20)5-3-15/h2-5,7,9H,6,8,10-13H2,1H3,(H,21,22,23). The molecule has 8 heteroatoms. The fourth-order valence-corrected chi connectivity index (χ4v) is 3.05. The summed E-state index contributed by atoms with van der Waals surface area (Å²) in [7, 11) is 0. The first-order valence-corrected chi connectivity index (χ1v) is 9.27. The fraction of sp³-hybridized carbons (Fsp3) is 0.368. The van der Waals surface area contributed by atoms with Gasteiger partial charge >= 0.3 is 0 Å². The third kappa shape index (κ3) is 5.17. The average Bonchev–Trinajstić information content (AvgIpc) is 2.69. The van der Waals surface area contributed by atoms with Crippen molar-refractivity contribution in [3.05, 3.63) is 52.8 Å². The number of aromatic nitrogens is 2. The average molecular weight is 388 g/mol. The SMILES string of the molecule is CC(=O)N1CCN(C(=O)c2ccnc(NCCc3ccc(Cl)cc3)n2)CC1. The van der Waals surface area contributed by atoms with Crippen LogP contribution < -0.4 is 5.32 Å². The van der Waals surface area contributed by atoms with Crippen molar-refractivity contribution in [3.63, 3.8) is 0 Å². The van der Waals surface area contributed by atoms with Crippen molar-refractivity contribution in [3.8, 4) is 0 Å². The number of rotatable bonds is 5. The van der Waals surface area contributed by atoms with E-state index in [2.05, 4.69) is 15.3 Å². The molecule has 0 bridgehead atoms. The van der Waals surface area contributed by atoms with E-state index in [-0.39, 0.29) is 11.8 Å². The number of piperazine rings is 1. The lowest BCUT2D eigenvalue weighted by molar-refractivity contribution is -0.130. The lowest BCUT2D eigenvalue weighted by atomic mass is 10.1. The lowest BCUT2D eigenvalue weighted by Gasteiger charge is -2.34. The Kier molecular flexibility index (Phi) is 6.24. The minimum atomic E-state index is -0.138. The van der Waals surface area contributed by atoms with E-state index in [1.807, 2.05) is 24.3 Å². The monoisotopic (exact) mass is 387 g/mol. The number of carbonyl (C=O) groups is 2. The van der Waals surface area contributed by atoms with E-state index in [9.17, 15) is 9.59 Å². The third-order valence-corrected chi connectivity index (χ3v) is 4.75. The van der Waals surface area contributed by atoms with Gasteiger partial charge in [0.05, 0.1) is 0 Å². The zero-order chi connectivity index (χ0) is 19.2. The van der Waals surface area contributed by atoms with Crippen molar-refractivity contribution in [2.75, 3.05) is 38.0 Å². The van der Waals surface area contributed by atoms with E-state index in [0.29, 0.717) is 49.4 Å². The zero-order valence-electron chi connectivity index (χ0n) is 15.2. The second-order valence-electron chi connectivity index (χ2n) is 6.37. The highest BCUT2D eigenvalue weighted by Crippen LogP contribution is 2.11. The molecule has 27 heavy (non-hydrogen) atoms. The molecule has 142 valence electrons. The quantitative estimate of drug-likeness (QED) is 0.849. The van der Waals surface area contributed by atoms with Gasteiger partial charge in [0.15, 0.2) is 0 Å². The smallest absolute Gasteiger partial charge is 0.272 e. The Morgan fingerprint density at radius 2 is 1.74 bits per heavy atom. The van der Waals surface area contributed by atoms with E-state index < -0.39 is 0 Å². The molecule has 3 rings (SSSR count). The van der Waals surface area contributed by atoms with Gasteiger partial charge in [0.25, 0.3) is 5.91 Å². The molecule has 1 aliphatic rings. The van der Waals surface area contributed by atoms with Crippen LogP contribution in [0.5, 0.6) is 0 Å². The maximum atomic E-state index is 12.6. The van der Waals surface area contributed by atoms with Crippen LogP contribution in [0.3, 0.4) is 0 Å². The van der Waals surface area contributed by atoms with E-state index in [1.54, 1.807) is 29.0 Å². The zero-order valence-corrected chi connectivity index (χ0v) is 15.9. The summed E-state index contributed by atoms with van der Waals surface area (Å²) < 4.78 is 0. The number of hydrogen-bond donors (Lipinski definition) is 1. The Labute approximate surface area is 163 Å². The van der Waals surface area contributed by atoms with E-state index in [0.717, 1.165) is 12.0 Å². The highest BCUT2D eigenvalue weighted by molar-refractivity contribution is 6.30. The van der Waals surface area contributed by atoms with E-state index in [4.69, 9.17) is 11.6 Å². The molecule has 7 nitrogen and oxygen atoms in total. The fourth-order valence-electron chi connectivity index (χ4n) is 2.92. The first kappa shape index (κ1) is 19.1. The molecule has 0 atom stereocenters. The summed E-state index contributed by atoms with van der Waals surface area (Å²) in [5, 5.41) is 3.86. The molecule has 0 radical (unpaired) electrons. The van der Waals surface area contributed by atoms with Crippen molar-refractivity contribution in [2.45, 2.75) is 13.3 Å². The molecule has 0 spiro atoms. The number of amides is 2. The largest absolute Gasteiger partial charge is 0.354 e. The maximum absolute atomic E-state index is 12.6. The molecule has 0 aliphatic carbocycles. The van der Waals surface area contributed by atoms with Gasteiger partial charge in [-0.25, -0.2) is 9.97 Å². The van der Waals surface area contributed by atoms with Crippen molar-refractivity contribution in [1.82, 2.24) is 19.8 Å². The van der Waals surface area contributed by atoms with Crippen LogP contribution in [-0.2, 0) is 11.2 Å². The Hall–Kier alpha value is -2.67. The highest BCUT2D eigenvalue weighted by Gasteiger charge is 2.24. The van der Waals surface area contributed by atoms with Crippen LogP contribution >= 0.6 is 11.6 Å². The van der Waals surface area contributed by atoms with Gasteiger partial charge in [-0.3, -0.25) is 9.59 Å². The molecular formula is C19H22ClN5O2. The topological polar surface area (TPSA) is 78.4 Å². The number of nitrogens with one attached hydrogen (secondary N) is 1. The van der Waals surface area contributed by atoms with Gasteiger partial charge in [-0.2, -0.15) is 0 Å². The van der Waals surface area contributed by atoms with E-state index in [1.165, 1.54) is 0 Å². The Bertz CT molecular complexity index is 804. The number of nitrogens with zero attached hydrogens (tertiary/aromatic N) is 4. The third-order valence-electron chi connectivity index (χ3n) is 4.50. The predicted molar refractivity (Wildman–Crippen MR) is 104 cm³/mol. The molecule has 0 unspecified atom stereocenters. The number of anilines is 1. The predicted octanol–water partition coefficient (Wildman–Crippen LogP) is 2.09. The van der Waals surface area contributed by atoms with Crippen LogP contribution in [-0.4, -0.2) is 64.3 Å². The van der Waals surface area contributed by atoms with Crippen LogP contribution in [0, 0.1) is 0 Å². The summed E-state index contributed by atoms with van der Waals surface area (Å²) >= 11 is 5.89. The minimum Gasteiger partial charge on any atom is -0.354 e. The molecule has 1 fully saturated rings. The summed E-state index contributed by atoms with van der Waals surface area (Å²) in [5.41, 5.74) is 1.51. The Morgan fingerprint density at radius 1 is 1.07 bits per heavy atom. The maximum Gasteiger partial charge on any atom is 0.272 e. The van der Waals surface area contributed by atoms with Gasteiger partial charge in [0.2, 0.25) is 11.9 Å². The van der Waals surface area contributed by atoms with Gasteiger partial charge in [-0.1, -0.05) is 23.7 Å². The molecular weight excluding hydrogens is 366 g/mol. The van der Waals surface area contributed by atoms with Crippen molar-refractivity contribution in [1.29, 1.82) is 0 Å². The van der Waals surface area contributed by atoms with Gasteiger partial charge in [-0.05, 0) is 30.2 Å². The molecule has 1 saturated heterocycles. The summed E-state index contributed by atoms with van der Waals surface area (Å²) in [5.74, 6) is 0.329. The van der Waals surface area contributed by atoms with Crippen LogP contribution in [0.2, 0.25) is 5.02 Å². The Morgan fingerprint density at radius 3 is 2.41 bits per heavy atom. The highest BCUT2D eigenvalue weighted by atomic mass is 35.5. The molecule has 2 aromatic rings. The number of hydrogen-bond acceptors (Lipinski definition) is 5. The lowest BCUT2D eigenvalue weighted by Crippen LogP contribution is -2.50. The molecule has 1 N–H and O–H groups in total. The summed E-state index contributed by atoms with van der Waals surface area (Å²) in [6.45, 7) is 4.33. The second-order valence-corrected chi connectivity index (χ2v) is 6.80. The Balaban J connectivity index is 1.54. The van der Waals surface area contributed by atoms with Crippen molar-refractivity contribution in [2.24, 2.45) is 0 Å². The molecule has 2 heterocycles. The van der Waals surface area contributed by atoms with Crippen LogP contribution in [0.4, 0.5) is 5.95 Å². The normalized spacial score (nSPS) is 14.1. The summed E-state index contributed by atoms with van der Waals surface area (Å²) in [4.78, 5) is 36.0. The van der Waals surface area contributed by atoms with Gasteiger partial charge in [-0.15, -0.1) is 0 Å². The van der Waals surface area contributed by atoms with Crippen molar-refractivity contribution >= 4 is 29.4 Å². The molecule has 1 aromatic carbocycles. The summed E-state index contributed by atoms with van der Waals surface area (Å²) in [6, 6.07) is 9.29. The first-order valence-electron chi connectivity index (χ1n) is 8.89.